The molecule has 20 heteroatoms. The van der Waals surface area contributed by atoms with E-state index in [1.54, 1.807) is 60.7 Å². The highest BCUT2D eigenvalue weighted by molar-refractivity contribution is 6.29. The van der Waals surface area contributed by atoms with E-state index in [1.165, 1.54) is 26.0 Å². The van der Waals surface area contributed by atoms with Crippen molar-refractivity contribution in [3.8, 4) is 23.0 Å². The Balaban J connectivity index is 1.43. The van der Waals surface area contributed by atoms with E-state index in [1.807, 2.05) is 0 Å². The van der Waals surface area contributed by atoms with E-state index in [0.717, 1.165) is 36.4 Å². The van der Waals surface area contributed by atoms with Crippen LogP contribution in [0.3, 0.4) is 0 Å². The Labute approximate surface area is 381 Å². The average Bonchev–Trinajstić information content (AvgIpc) is 3.71. The highest BCUT2D eigenvalue weighted by Crippen LogP contribution is 2.29. The number of aromatic amines is 1. The number of nitrogens with one attached hydrogen (secondary N) is 7. The third-order valence-electron chi connectivity index (χ3n) is 10.4. The van der Waals surface area contributed by atoms with Crippen molar-refractivity contribution >= 4 is 53.0 Å². The van der Waals surface area contributed by atoms with E-state index >= 15 is 0 Å². The number of carbonyl (C=O) groups is 7. The molecule has 6 rings (SSSR count). The lowest BCUT2D eigenvalue weighted by atomic mass is 10.0. The molecule has 66 heavy (non-hydrogen) atoms. The molecule has 0 saturated carbocycles. The Bertz CT molecular complexity index is 2570. The van der Waals surface area contributed by atoms with Gasteiger partial charge in [0.2, 0.25) is 29.5 Å². The van der Waals surface area contributed by atoms with Gasteiger partial charge < -0.3 is 62.0 Å². The van der Waals surface area contributed by atoms with Gasteiger partial charge in [-0.05, 0) is 72.5 Å². The van der Waals surface area contributed by atoms with E-state index in [9.17, 15) is 54.0 Å². The van der Waals surface area contributed by atoms with Gasteiger partial charge in [-0.1, -0.05) is 72.3 Å². The molecule has 1 unspecified atom stereocenters. The number of halogens is 1. The van der Waals surface area contributed by atoms with Crippen LogP contribution >= 0.6 is 11.6 Å². The molecule has 7 atom stereocenters. The predicted molar refractivity (Wildman–Crippen MR) is 236 cm³/mol. The summed E-state index contributed by atoms with van der Waals surface area (Å²) in [6.07, 6.45) is -1.89. The number of esters is 1. The summed E-state index contributed by atoms with van der Waals surface area (Å²) in [5.41, 5.74) is 0.770. The zero-order valence-corrected chi connectivity index (χ0v) is 36.0. The van der Waals surface area contributed by atoms with Crippen LogP contribution in [-0.4, -0.2) is 97.1 Å². The number of amides is 6. The second-order valence-corrected chi connectivity index (χ2v) is 15.9. The number of rotatable bonds is 10. The van der Waals surface area contributed by atoms with Crippen LogP contribution in [0.15, 0.2) is 109 Å². The minimum atomic E-state index is -1.92. The molecule has 4 aromatic carbocycles. The molecule has 0 radical (unpaired) electrons. The third kappa shape index (κ3) is 12.3. The maximum absolute atomic E-state index is 14.6. The van der Waals surface area contributed by atoms with E-state index < -0.39 is 107 Å². The standard InChI is InChI=1S/C46H46ClN7O12/c1-23-40(59)53-38(27-17-29(55)21-30(56)18-27)45(64)54-39(28-19-31(57)22-32(58)20-28)46(65)66-24(2)37(44(63)51-34(42(61)48-23)15-25-9-5-3-6-10-25)52-43(62)35(16-26-11-7-4-8-12-26)50-41(60)33-13-14-36(47)49-33/h3-14,17-24,34-35,37-39,49,55-58H,15-16H2,1-2H3,(H,48,61)(H,50,60)(H,51,63)(H,52,62)(H,53,59)(H,54,64)/t23-,24-,34+,35+,37-,38-,39?/m1/s1. The number of phenols is 4. The zero-order valence-electron chi connectivity index (χ0n) is 35.3. The first-order valence-electron chi connectivity index (χ1n) is 20.5. The number of carbonyl (C=O) groups excluding carboxylic acids is 7. The van der Waals surface area contributed by atoms with Crippen LogP contribution < -0.4 is 31.9 Å². The van der Waals surface area contributed by atoms with Crippen LogP contribution in [0.2, 0.25) is 5.15 Å². The van der Waals surface area contributed by atoms with Crippen LogP contribution in [0.4, 0.5) is 0 Å². The molecule has 5 aromatic rings. The summed E-state index contributed by atoms with van der Waals surface area (Å²) in [5.74, 6) is -9.11. The first-order valence-corrected chi connectivity index (χ1v) is 20.8. The largest absolute Gasteiger partial charge is 0.508 e. The van der Waals surface area contributed by atoms with Gasteiger partial charge in [0.05, 0.1) is 0 Å². The summed E-state index contributed by atoms with van der Waals surface area (Å²) in [5, 5.41) is 56.9. The maximum Gasteiger partial charge on any atom is 0.333 e. The summed E-state index contributed by atoms with van der Waals surface area (Å²) < 4.78 is 5.81. The van der Waals surface area contributed by atoms with E-state index in [-0.39, 0.29) is 34.8 Å². The summed E-state index contributed by atoms with van der Waals surface area (Å²) >= 11 is 6.01. The summed E-state index contributed by atoms with van der Waals surface area (Å²) in [6, 6.07) is 16.2. The van der Waals surface area contributed by atoms with E-state index in [0.29, 0.717) is 11.1 Å². The van der Waals surface area contributed by atoms with Gasteiger partial charge in [0.1, 0.15) is 70.2 Å². The van der Waals surface area contributed by atoms with Crippen molar-refractivity contribution in [1.82, 2.24) is 36.9 Å². The molecule has 0 aliphatic carbocycles. The van der Waals surface area contributed by atoms with E-state index in [4.69, 9.17) is 16.3 Å². The van der Waals surface area contributed by atoms with Crippen LogP contribution in [0, 0.1) is 0 Å². The molecule has 11 N–H and O–H groups in total. The molecule has 1 fully saturated rings. The SMILES string of the molecule is C[C@H]1NC(=O)[C@H](Cc2ccccc2)NC(=O)[C@H](NC(=O)[C@H](Cc2ccccc2)NC(=O)c2ccc(Cl)[nH]2)[C@@H](C)OC(=O)C(c2cc(O)cc(O)c2)NC(=O)[C@@H](c2cc(O)cc(O)c2)NC1=O. The lowest BCUT2D eigenvalue weighted by molar-refractivity contribution is -0.156. The number of hydrogen-bond acceptors (Lipinski definition) is 12. The van der Waals surface area contributed by atoms with Crippen molar-refractivity contribution in [2.24, 2.45) is 0 Å². The Morgan fingerprint density at radius 3 is 1.76 bits per heavy atom. The van der Waals surface area contributed by atoms with Gasteiger partial charge in [-0.3, -0.25) is 28.8 Å². The predicted octanol–water partition coefficient (Wildman–Crippen LogP) is 2.21. The number of hydrogen-bond donors (Lipinski definition) is 11. The molecular weight excluding hydrogens is 878 g/mol. The minimum absolute atomic E-state index is 0.0162. The molecule has 19 nitrogen and oxygen atoms in total. The van der Waals surface area contributed by atoms with Crippen molar-refractivity contribution in [3.63, 3.8) is 0 Å². The van der Waals surface area contributed by atoms with Gasteiger partial charge in [0, 0.05) is 25.0 Å². The molecule has 0 spiro atoms. The molecule has 0 bridgehead atoms. The number of benzene rings is 4. The Morgan fingerprint density at radius 1 is 0.652 bits per heavy atom. The van der Waals surface area contributed by atoms with Crippen LogP contribution in [-0.2, 0) is 46.3 Å². The fraction of sp³-hybridized carbons (Fsp3) is 0.239. The molecule has 6 amide bonds. The Kier molecular flexibility index (Phi) is 15.1. The third-order valence-corrected chi connectivity index (χ3v) is 10.6. The molecule has 1 aliphatic heterocycles. The fourth-order valence-electron chi connectivity index (χ4n) is 7.11. The van der Waals surface area contributed by atoms with Crippen molar-refractivity contribution in [3.05, 3.63) is 142 Å². The minimum Gasteiger partial charge on any atom is -0.508 e. The molecule has 1 aliphatic rings. The van der Waals surface area contributed by atoms with Crippen molar-refractivity contribution in [2.75, 3.05) is 0 Å². The first-order chi connectivity index (χ1) is 31.4. The van der Waals surface area contributed by atoms with Gasteiger partial charge in [0.25, 0.3) is 5.91 Å². The maximum atomic E-state index is 14.6. The molecule has 2 heterocycles. The number of H-pyrrole nitrogens is 1. The Hall–Kier alpha value is -8.06. The highest BCUT2D eigenvalue weighted by Gasteiger charge is 2.39. The lowest BCUT2D eigenvalue weighted by Crippen LogP contribution is -2.62. The van der Waals surface area contributed by atoms with Crippen LogP contribution in [0.25, 0.3) is 0 Å². The molecule has 344 valence electrons. The lowest BCUT2D eigenvalue weighted by Gasteiger charge is -2.31. The highest BCUT2D eigenvalue weighted by atomic mass is 35.5. The molecule has 1 saturated heterocycles. The smallest absolute Gasteiger partial charge is 0.333 e. The average molecular weight is 924 g/mol. The summed E-state index contributed by atoms with van der Waals surface area (Å²) in [4.78, 5) is 102. The second-order valence-electron chi connectivity index (χ2n) is 15.5. The zero-order chi connectivity index (χ0) is 47.7. The topological polar surface area (TPSA) is 298 Å². The fourth-order valence-corrected chi connectivity index (χ4v) is 7.27. The monoisotopic (exact) mass is 923 g/mol. The van der Waals surface area contributed by atoms with Gasteiger partial charge in [-0.15, -0.1) is 0 Å². The first kappa shape index (κ1) is 47.4. The summed E-state index contributed by atoms with van der Waals surface area (Å²) in [7, 11) is 0. The quantitative estimate of drug-likeness (QED) is 0.0900. The number of ether oxygens (including phenoxy) is 1. The number of aromatic hydroxyl groups is 4. The van der Waals surface area contributed by atoms with Gasteiger partial charge in [-0.2, -0.15) is 0 Å². The van der Waals surface area contributed by atoms with Gasteiger partial charge in [0.15, 0.2) is 6.04 Å². The van der Waals surface area contributed by atoms with Crippen molar-refractivity contribution in [2.45, 2.75) is 69.0 Å². The van der Waals surface area contributed by atoms with Crippen LogP contribution in [0.5, 0.6) is 23.0 Å². The number of phenolic OH excluding ortho intramolecular Hbond substituents is 4. The van der Waals surface area contributed by atoms with Gasteiger partial charge in [-0.25, -0.2) is 4.79 Å². The molecule has 1 aromatic heterocycles. The molecular formula is C46H46ClN7O12. The number of cyclic esters (lactones) is 1. The van der Waals surface area contributed by atoms with Gasteiger partial charge >= 0.3 is 5.97 Å². The second kappa shape index (κ2) is 21.1. The van der Waals surface area contributed by atoms with Crippen molar-refractivity contribution < 1.29 is 58.7 Å². The van der Waals surface area contributed by atoms with Crippen molar-refractivity contribution in [1.29, 1.82) is 0 Å². The number of aromatic nitrogens is 1. The van der Waals surface area contributed by atoms with Crippen LogP contribution in [0.1, 0.15) is 58.7 Å². The summed E-state index contributed by atoms with van der Waals surface area (Å²) in [6.45, 7) is 2.53. The normalized spacial score (nSPS) is 21.2. The Morgan fingerprint density at radius 2 is 1.20 bits per heavy atom. The van der Waals surface area contributed by atoms with E-state index in [2.05, 4.69) is 36.9 Å².